The molecule has 0 aliphatic heterocycles. The minimum Gasteiger partial charge on any atom is -0.456 e. The van der Waals surface area contributed by atoms with Crippen molar-refractivity contribution in [1.82, 2.24) is 4.57 Å². The van der Waals surface area contributed by atoms with E-state index in [1.807, 2.05) is 17.4 Å². The van der Waals surface area contributed by atoms with Gasteiger partial charge < -0.3 is 13.9 Å². The van der Waals surface area contributed by atoms with Crippen LogP contribution in [0.25, 0.3) is 91.9 Å². The minimum absolute atomic E-state index is 0.864. The van der Waals surface area contributed by atoms with E-state index in [-0.39, 0.29) is 0 Å². The summed E-state index contributed by atoms with van der Waals surface area (Å²) in [5, 5.41) is 7.13. The predicted octanol–water partition coefficient (Wildman–Crippen LogP) is 15.9. The minimum atomic E-state index is 0.864. The number of hydrogen-bond donors (Lipinski definition) is 0. The number of thiophene rings is 1. The first-order valence-electron chi connectivity index (χ1n) is 19.7. The van der Waals surface area contributed by atoms with Gasteiger partial charge in [-0.25, -0.2) is 0 Å². The monoisotopic (exact) mass is 758 g/mol. The van der Waals surface area contributed by atoms with Gasteiger partial charge in [-0.3, -0.25) is 0 Å². The van der Waals surface area contributed by atoms with Gasteiger partial charge in [-0.2, -0.15) is 0 Å². The Morgan fingerprint density at radius 2 is 1.03 bits per heavy atom. The Morgan fingerprint density at radius 1 is 0.397 bits per heavy atom. The molecule has 12 aromatic rings. The first-order chi connectivity index (χ1) is 28.8. The van der Waals surface area contributed by atoms with E-state index in [0.717, 1.165) is 50.3 Å². The number of anilines is 3. The Labute approximate surface area is 338 Å². The van der Waals surface area contributed by atoms with Crippen LogP contribution in [0.5, 0.6) is 0 Å². The van der Waals surface area contributed by atoms with E-state index < -0.39 is 0 Å². The molecule has 0 radical (unpaired) electrons. The third kappa shape index (κ3) is 5.12. The van der Waals surface area contributed by atoms with Crippen LogP contribution in [0.15, 0.2) is 211 Å². The van der Waals surface area contributed by atoms with Gasteiger partial charge in [0.15, 0.2) is 0 Å². The van der Waals surface area contributed by atoms with Crippen LogP contribution < -0.4 is 4.90 Å². The van der Waals surface area contributed by atoms with Gasteiger partial charge in [0.05, 0.1) is 32.5 Å². The largest absolute Gasteiger partial charge is 0.456 e. The van der Waals surface area contributed by atoms with E-state index in [9.17, 15) is 0 Å². The molecule has 3 heterocycles. The van der Waals surface area contributed by atoms with Crippen molar-refractivity contribution in [3.05, 3.63) is 206 Å². The Morgan fingerprint density at radius 3 is 1.86 bits per heavy atom. The summed E-state index contributed by atoms with van der Waals surface area (Å²) >= 11 is 1.86. The van der Waals surface area contributed by atoms with Crippen LogP contribution in [-0.2, 0) is 0 Å². The average Bonchev–Trinajstić information content (AvgIpc) is 3.97. The summed E-state index contributed by atoms with van der Waals surface area (Å²) in [4.78, 5) is 2.47. The van der Waals surface area contributed by atoms with E-state index in [2.05, 4.69) is 210 Å². The number of benzene rings is 9. The van der Waals surface area contributed by atoms with Crippen LogP contribution in [-0.4, -0.2) is 4.57 Å². The van der Waals surface area contributed by atoms with Gasteiger partial charge in [0.2, 0.25) is 0 Å². The molecule has 0 bridgehead atoms. The summed E-state index contributed by atoms with van der Waals surface area (Å²) in [6.07, 6.45) is 0. The molecular formula is C54H34N2OS. The fraction of sp³-hybridized carbons (Fsp3) is 0. The highest BCUT2D eigenvalue weighted by Gasteiger charge is 2.25. The average molecular weight is 759 g/mol. The predicted molar refractivity (Wildman–Crippen MR) is 247 cm³/mol. The summed E-state index contributed by atoms with van der Waals surface area (Å²) in [7, 11) is 0. The maximum Gasteiger partial charge on any atom is 0.137 e. The highest BCUT2D eigenvalue weighted by atomic mass is 32.1. The van der Waals surface area contributed by atoms with Gasteiger partial charge in [-0.1, -0.05) is 140 Å². The van der Waals surface area contributed by atoms with E-state index in [4.69, 9.17) is 4.42 Å². The van der Waals surface area contributed by atoms with Crippen LogP contribution in [0, 0.1) is 0 Å². The van der Waals surface area contributed by atoms with E-state index >= 15 is 0 Å². The Bertz CT molecular complexity index is 3520. The number of hydrogen-bond acceptors (Lipinski definition) is 3. The molecule has 0 saturated carbocycles. The van der Waals surface area contributed by atoms with Crippen LogP contribution in [0.1, 0.15) is 0 Å². The molecule has 0 saturated heterocycles. The maximum absolute atomic E-state index is 6.54. The lowest BCUT2D eigenvalue weighted by Gasteiger charge is -2.28. The van der Waals surface area contributed by atoms with Crippen molar-refractivity contribution in [3.63, 3.8) is 0 Å². The smallest absolute Gasteiger partial charge is 0.137 e. The first-order valence-corrected chi connectivity index (χ1v) is 20.5. The molecule has 9 aromatic carbocycles. The second kappa shape index (κ2) is 13.1. The van der Waals surface area contributed by atoms with Crippen molar-refractivity contribution >= 4 is 92.3 Å². The van der Waals surface area contributed by atoms with E-state index in [1.54, 1.807) is 0 Å². The Hall–Kier alpha value is -7.40. The number of rotatable bonds is 6. The van der Waals surface area contributed by atoms with Crippen LogP contribution in [0.4, 0.5) is 17.1 Å². The van der Waals surface area contributed by atoms with Gasteiger partial charge in [0, 0.05) is 43.0 Å². The van der Waals surface area contributed by atoms with Crippen molar-refractivity contribution < 1.29 is 4.42 Å². The standard InChI is InChI=1S/C54H34N2OS/c1-3-15-35(16-4-1)37-19-13-20-39(31-37)55(48-25-14-27-51-53(48)43-23-8-11-26-50(43)57-51)49-34-40(33-45-42-22-9-12-28-52(42)58-54(45)49)56-46-24-10-7-21-41(46)44-32-38(29-30-47(44)56)36-17-5-2-6-18-36/h1-34H. The summed E-state index contributed by atoms with van der Waals surface area (Å²) in [6, 6.07) is 74.5. The summed E-state index contributed by atoms with van der Waals surface area (Å²) < 4.78 is 11.5. The second-order valence-corrected chi connectivity index (χ2v) is 15.9. The zero-order chi connectivity index (χ0) is 38.2. The number of furan rings is 1. The molecule has 0 aliphatic carbocycles. The van der Waals surface area contributed by atoms with Crippen LogP contribution >= 0.6 is 11.3 Å². The van der Waals surface area contributed by atoms with Crippen molar-refractivity contribution in [3.8, 4) is 27.9 Å². The number of aromatic nitrogens is 1. The lowest BCUT2D eigenvalue weighted by molar-refractivity contribution is 0.669. The molecule has 3 nitrogen and oxygen atoms in total. The van der Waals surface area contributed by atoms with Gasteiger partial charge in [0.1, 0.15) is 11.2 Å². The maximum atomic E-state index is 6.54. The normalized spacial score (nSPS) is 11.8. The second-order valence-electron chi connectivity index (χ2n) is 14.9. The van der Waals surface area contributed by atoms with Crippen LogP contribution in [0.3, 0.4) is 0 Å². The molecule has 272 valence electrons. The molecule has 3 aromatic heterocycles. The molecule has 0 atom stereocenters. The quantitative estimate of drug-likeness (QED) is 0.168. The number of nitrogens with zero attached hydrogens (tertiary/aromatic N) is 2. The molecule has 58 heavy (non-hydrogen) atoms. The molecule has 0 N–H and O–H groups in total. The Kier molecular flexibility index (Phi) is 7.40. The fourth-order valence-electron chi connectivity index (χ4n) is 8.96. The SMILES string of the molecule is c1ccc(-c2cccc(N(c3cc(-n4c5ccccc5c5cc(-c6ccccc6)ccc54)cc4c3sc3ccccc34)c3cccc4oc5ccccc5c34)c2)cc1. The Balaban J connectivity index is 1.19. The topological polar surface area (TPSA) is 21.3 Å². The summed E-state index contributed by atoms with van der Waals surface area (Å²) in [5.74, 6) is 0. The summed E-state index contributed by atoms with van der Waals surface area (Å²) in [5.41, 5.74) is 13.2. The lowest BCUT2D eigenvalue weighted by Crippen LogP contribution is -2.11. The van der Waals surface area contributed by atoms with Crippen LogP contribution in [0.2, 0.25) is 0 Å². The van der Waals surface area contributed by atoms with Gasteiger partial charge in [0.25, 0.3) is 0 Å². The molecule has 12 rings (SSSR count). The van der Waals surface area contributed by atoms with Gasteiger partial charge >= 0.3 is 0 Å². The number of para-hydroxylation sites is 2. The highest BCUT2D eigenvalue weighted by molar-refractivity contribution is 7.26. The molecule has 0 aliphatic rings. The molecule has 0 amide bonds. The van der Waals surface area contributed by atoms with Gasteiger partial charge in [-0.05, 0) is 89.0 Å². The fourth-order valence-corrected chi connectivity index (χ4v) is 10.1. The lowest BCUT2D eigenvalue weighted by atomic mass is 10.0. The van der Waals surface area contributed by atoms with E-state index in [1.165, 1.54) is 58.7 Å². The van der Waals surface area contributed by atoms with Gasteiger partial charge in [-0.15, -0.1) is 11.3 Å². The molecule has 0 unspecified atom stereocenters. The van der Waals surface area contributed by atoms with Crippen molar-refractivity contribution in [1.29, 1.82) is 0 Å². The third-order valence-electron chi connectivity index (χ3n) is 11.6. The van der Waals surface area contributed by atoms with Crippen molar-refractivity contribution in [2.45, 2.75) is 0 Å². The van der Waals surface area contributed by atoms with E-state index in [0.29, 0.717) is 0 Å². The van der Waals surface area contributed by atoms with Crippen molar-refractivity contribution in [2.24, 2.45) is 0 Å². The molecule has 0 fully saturated rings. The zero-order valence-electron chi connectivity index (χ0n) is 31.3. The highest BCUT2D eigenvalue weighted by Crippen LogP contribution is 2.50. The molecule has 4 heteroatoms. The first kappa shape index (κ1) is 32.8. The summed E-state index contributed by atoms with van der Waals surface area (Å²) in [6.45, 7) is 0. The zero-order valence-corrected chi connectivity index (χ0v) is 32.2. The molecule has 0 spiro atoms. The number of fused-ring (bicyclic) bond motifs is 9. The third-order valence-corrected chi connectivity index (χ3v) is 12.8. The molecular weight excluding hydrogens is 725 g/mol. The van der Waals surface area contributed by atoms with Crippen molar-refractivity contribution in [2.75, 3.05) is 4.90 Å².